The number of benzene rings is 1. The van der Waals surface area contributed by atoms with Crippen LogP contribution in [0.25, 0.3) is 0 Å². The van der Waals surface area contributed by atoms with E-state index in [4.69, 9.17) is 4.78 Å². The summed E-state index contributed by atoms with van der Waals surface area (Å²) < 4.78 is 20.7. The van der Waals surface area contributed by atoms with Gasteiger partial charge in [-0.1, -0.05) is 12.1 Å². The Morgan fingerprint density at radius 1 is 1.40 bits per heavy atom. The van der Waals surface area contributed by atoms with Gasteiger partial charge in [0, 0.05) is 20.2 Å². The Morgan fingerprint density at radius 2 is 1.93 bits per heavy atom. The normalized spacial score (nSPS) is 14.9. The van der Waals surface area contributed by atoms with E-state index in [0.717, 1.165) is 4.31 Å². The molecule has 0 aromatic heterocycles. The van der Waals surface area contributed by atoms with E-state index in [-0.39, 0.29) is 10.6 Å². The van der Waals surface area contributed by atoms with Crippen molar-refractivity contribution in [1.82, 2.24) is 4.31 Å². The van der Waals surface area contributed by atoms with Crippen LogP contribution in [0.3, 0.4) is 0 Å². The summed E-state index contributed by atoms with van der Waals surface area (Å²) in [5.74, 6) is 0. The summed E-state index contributed by atoms with van der Waals surface area (Å²) in [5, 5.41) is 10.7. The first-order chi connectivity index (χ1) is 6.87. The summed E-state index contributed by atoms with van der Waals surface area (Å²) in [6, 6.07) is 5.59. The quantitative estimate of drug-likeness (QED) is 0.629. The van der Waals surface area contributed by atoms with Crippen molar-refractivity contribution in [3.05, 3.63) is 34.4 Å². The monoisotopic (exact) mass is 229 g/mol. The maximum atomic E-state index is 11.9. The van der Waals surface area contributed by atoms with Gasteiger partial charge in [0.15, 0.2) is 0 Å². The van der Waals surface area contributed by atoms with Gasteiger partial charge < -0.3 is 0 Å². The smallest absolute Gasteiger partial charge is 0.258 e. The number of nitrogens with one attached hydrogen (secondary N) is 1. The van der Waals surface area contributed by atoms with Crippen LogP contribution in [0.1, 0.15) is 0 Å². The summed E-state index contributed by atoms with van der Waals surface area (Å²) in [6.07, 6.45) is 0. The van der Waals surface area contributed by atoms with Crippen molar-refractivity contribution in [2.45, 2.75) is 4.90 Å². The first-order valence-electron chi connectivity index (χ1n) is 4.07. The Morgan fingerprint density at radius 3 is 2.40 bits per heavy atom. The Labute approximate surface area is 87.8 Å². The SMILES string of the molecule is CN(C)S(=N)(=O)c1ccccc1[N+](=O)[O-]. The number of hydrogen-bond acceptors (Lipinski definition) is 4. The number of nitrogens with zero attached hydrogens (tertiary/aromatic N) is 2. The number of nitro groups is 1. The third kappa shape index (κ3) is 2.13. The van der Waals surface area contributed by atoms with Crippen LogP contribution >= 0.6 is 0 Å². The standard InChI is InChI=1S/C8H11N3O3S/c1-10(2)15(9,14)8-6-4-3-5-7(8)11(12)13/h3-6,9H,1-2H3. The Kier molecular flexibility index (Phi) is 3.06. The Bertz CT molecular complexity index is 482. The van der Waals surface area contributed by atoms with Gasteiger partial charge in [-0.15, -0.1) is 0 Å². The zero-order chi connectivity index (χ0) is 11.6. The number of rotatable bonds is 3. The molecule has 15 heavy (non-hydrogen) atoms. The van der Waals surface area contributed by atoms with Crippen molar-refractivity contribution in [1.29, 1.82) is 4.78 Å². The fourth-order valence-electron chi connectivity index (χ4n) is 1.04. The lowest BCUT2D eigenvalue weighted by Crippen LogP contribution is -2.21. The highest BCUT2D eigenvalue weighted by molar-refractivity contribution is 7.90. The molecule has 1 atom stereocenters. The number of para-hydroxylation sites is 1. The highest BCUT2D eigenvalue weighted by Crippen LogP contribution is 2.25. The summed E-state index contributed by atoms with van der Waals surface area (Å²) in [4.78, 5) is 9.97. The van der Waals surface area contributed by atoms with Gasteiger partial charge in [0.05, 0.1) is 4.92 Å². The predicted molar refractivity (Wildman–Crippen MR) is 55.9 cm³/mol. The molecule has 0 aliphatic heterocycles. The van der Waals surface area contributed by atoms with Gasteiger partial charge >= 0.3 is 0 Å². The molecule has 1 unspecified atom stereocenters. The minimum absolute atomic E-state index is 0.0694. The van der Waals surface area contributed by atoms with Crippen molar-refractivity contribution in [2.24, 2.45) is 0 Å². The largest absolute Gasteiger partial charge is 0.287 e. The molecule has 0 aliphatic carbocycles. The number of nitro benzene ring substituents is 1. The van der Waals surface area contributed by atoms with E-state index in [2.05, 4.69) is 0 Å². The molecule has 1 aromatic carbocycles. The van der Waals surface area contributed by atoms with Gasteiger partial charge in [-0.3, -0.25) is 10.1 Å². The van der Waals surface area contributed by atoms with Crippen molar-refractivity contribution in [3.63, 3.8) is 0 Å². The van der Waals surface area contributed by atoms with Crippen molar-refractivity contribution in [3.8, 4) is 0 Å². The van der Waals surface area contributed by atoms with E-state index >= 15 is 0 Å². The second-order valence-corrected chi connectivity index (χ2v) is 5.28. The van der Waals surface area contributed by atoms with Gasteiger partial charge in [0.2, 0.25) is 0 Å². The van der Waals surface area contributed by atoms with Crippen LogP contribution in [-0.2, 0) is 9.92 Å². The molecule has 0 fully saturated rings. The maximum Gasteiger partial charge on any atom is 0.287 e. The van der Waals surface area contributed by atoms with Crippen LogP contribution in [-0.4, -0.2) is 27.5 Å². The zero-order valence-corrected chi connectivity index (χ0v) is 9.15. The average molecular weight is 229 g/mol. The minimum atomic E-state index is -3.26. The van der Waals surface area contributed by atoms with Gasteiger partial charge in [0.25, 0.3) is 5.69 Å². The van der Waals surface area contributed by atoms with Crippen molar-refractivity contribution < 1.29 is 9.13 Å². The first-order valence-corrected chi connectivity index (χ1v) is 5.58. The molecule has 1 N–H and O–H groups in total. The molecular formula is C8H11N3O3S. The van der Waals surface area contributed by atoms with E-state index in [9.17, 15) is 14.3 Å². The average Bonchev–Trinajstić information content (AvgIpc) is 2.17. The molecule has 0 heterocycles. The van der Waals surface area contributed by atoms with Gasteiger partial charge in [-0.05, 0) is 6.07 Å². The second kappa shape index (κ2) is 3.95. The molecule has 0 saturated heterocycles. The maximum absolute atomic E-state index is 11.9. The fourth-order valence-corrected chi connectivity index (χ4v) is 2.12. The molecule has 0 spiro atoms. The van der Waals surface area contributed by atoms with Crippen LogP contribution in [0.2, 0.25) is 0 Å². The molecule has 0 saturated carbocycles. The van der Waals surface area contributed by atoms with E-state index in [0.29, 0.717) is 0 Å². The van der Waals surface area contributed by atoms with Gasteiger partial charge in [-0.25, -0.2) is 13.3 Å². The highest BCUT2D eigenvalue weighted by atomic mass is 32.2. The summed E-state index contributed by atoms with van der Waals surface area (Å²) >= 11 is 0. The Balaban J connectivity index is 3.45. The zero-order valence-electron chi connectivity index (χ0n) is 8.34. The Hall–Kier alpha value is -1.47. The van der Waals surface area contributed by atoms with Gasteiger partial charge in [-0.2, -0.15) is 0 Å². The molecule has 0 aliphatic rings. The van der Waals surface area contributed by atoms with E-state index in [1.807, 2.05) is 0 Å². The van der Waals surface area contributed by atoms with E-state index in [1.54, 1.807) is 0 Å². The third-order valence-corrected chi connectivity index (χ3v) is 3.84. The summed E-state index contributed by atoms with van der Waals surface area (Å²) in [7, 11) is -0.360. The predicted octanol–water partition coefficient (Wildman–Crippen LogP) is 1.48. The van der Waals surface area contributed by atoms with Crippen LogP contribution in [0.15, 0.2) is 29.2 Å². The lowest BCUT2D eigenvalue weighted by atomic mass is 10.3. The topological polar surface area (TPSA) is 87.3 Å². The van der Waals surface area contributed by atoms with Crippen molar-refractivity contribution >= 4 is 15.6 Å². The molecular weight excluding hydrogens is 218 g/mol. The fraction of sp³-hybridized carbons (Fsp3) is 0.250. The lowest BCUT2D eigenvalue weighted by Gasteiger charge is -2.14. The summed E-state index contributed by atoms with van der Waals surface area (Å²) in [5.41, 5.74) is -0.286. The third-order valence-electron chi connectivity index (χ3n) is 1.87. The molecule has 1 rings (SSSR count). The van der Waals surface area contributed by atoms with Crippen LogP contribution in [0.4, 0.5) is 5.69 Å². The van der Waals surface area contributed by atoms with Crippen LogP contribution in [0, 0.1) is 14.9 Å². The molecule has 82 valence electrons. The number of hydrogen-bond donors (Lipinski definition) is 1. The molecule has 6 nitrogen and oxygen atoms in total. The van der Waals surface area contributed by atoms with Crippen molar-refractivity contribution in [2.75, 3.05) is 14.1 Å². The lowest BCUT2D eigenvalue weighted by molar-refractivity contribution is -0.387. The molecule has 0 amide bonds. The first kappa shape index (κ1) is 11.6. The highest BCUT2D eigenvalue weighted by Gasteiger charge is 2.23. The van der Waals surface area contributed by atoms with Crippen LogP contribution < -0.4 is 0 Å². The summed E-state index contributed by atoms with van der Waals surface area (Å²) in [6.45, 7) is 0. The van der Waals surface area contributed by atoms with Crippen LogP contribution in [0.5, 0.6) is 0 Å². The molecule has 0 bridgehead atoms. The van der Waals surface area contributed by atoms with Gasteiger partial charge in [0.1, 0.15) is 14.8 Å². The van der Waals surface area contributed by atoms with E-state index < -0.39 is 14.8 Å². The second-order valence-electron chi connectivity index (χ2n) is 3.06. The van der Waals surface area contributed by atoms with E-state index in [1.165, 1.54) is 38.4 Å². The molecule has 0 radical (unpaired) electrons. The minimum Gasteiger partial charge on any atom is -0.258 e. The molecule has 7 heteroatoms. The molecule has 1 aromatic rings.